The lowest BCUT2D eigenvalue weighted by atomic mass is 10.2. The van der Waals surface area contributed by atoms with Gasteiger partial charge >= 0.3 is 0 Å². The van der Waals surface area contributed by atoms with Gasteiger partial charge in [0.05, 0.1) is 19.0 Å². The van der Waals surface area contributed by atoms with E-state index < -0.39 is 6.04 Å². The molecule has 2 aromatic rings. The minimum atomic E-state index is -0.503. The summed E-state index contributed by atoms with van der Waals surface area (Å²) in [4.78, 5) is 12.0. The number of anilines is 1. The molecule has 2 N–H and O–H groups in total. The number of amides is 1. The number of benzene rings is 2. The third-order valence-corrected chi connectivity index (χ3v) is 3.13. The largest absolute Gasteiger partial charge is 0.495 e. The van der Waals surface area contributed by atoms with E-state index in [1.165, 1.54) is 18.3 Å². The third-order valence-electron chi connectivity index (χ3n) is 3.13. The van der Waals surface area contributed by atoms with Gasteiger partial charge in [-0.25, -0.2) is 9.82 Å². The maximum absolute atomic E-state index is 12.8. The molecule has 0 aliphatic carbocycles. The number of carbonyl (C=O) groups is 1. The van der Waals surface area contributed by atoms with Crippen molar-refractivity contribution in [3.05, 3.63) is 59.9 Å². The molecule has 0 fully saturated rings. The van der Waals surface area contributed by atoms with Gasteiger partial charge in [0.2, 0.25) is 0 Å². The molecule has 23 heavy (non-hydrogen) atoms. The number of rotatable bonds is 6. The maximum Gasteiger partial charge on any atom is 0.262 e. The van der Waals surface area contributed by atoms with Gasteiger partial charge in [-0.1, -0.05) is 24.3 Å². The van der Waals surface area contributed by atoms with Crippen molar-refractivity contribution in [3.63, 3.8) is 0 Å². The Kier molecular flexibility index (Phi) is 5.68. The Morgan fingerprint density at radius 1 is 1.22 bits per heavy atom. The van der Waals surface area contributed by atoms with Crippen LogP contribution in [0.1, 0.15) is 12.5 Å². The van der Waals surface area contributed by atoms with Gasteiger partial charge in [0.15, 0.2) is 0 Å². The van der Waals surface area contributed by atoms with E-state index in [2.05, 4.69) is 15.8 Å². The van der Waals surface area contributed by atoms with Crippen molar-refractivity contribution in [1.29, 1.82) is 0 Å². The first-order valence-electron chi connectivity index (χ1n) is 7.08. The molecule has 0 saturated carbocycles. The standard InChI is InChI=1S/C17H18FN3O2/c1-12(20-15-5-3-4-6-16(15)23-2)17(22)21-19-11-13-7-9-14(18)10-8-13/h3-12,20H,1-2H3,(H,21,22). The molecule has 120 valence electrons. The lowest BCUT2D eigenvalue weighted by Crippen LogP contribution is -2.35. The SMILES string of the molecule is COc1ccccc1NC(C)C(=O)NN=Cc1ccc(F)cc1. The van der Waals surface area contributed by atoms with Crippen LogP contribution < -0.4 is 15.5 Å². The second-order valence-corrected chi connectivity index (χ2v) is 4.85. The smallest absolute Gasteiger partial charge is 0.262 e. The summed E-state index contributed by atoms with van der Waals surface area (Å²) in [6.07, 6.45) is 1.45. The van der Waals surface area contributed by atoms with Gasteiger partial charge in [-0.2, -0.15) is 5.10 Å². The minimum absolute atomic E-state index is 0.297. The Labute approximate surface area is 134 Å². The first-order valence-corrected chi connectivity index (χ1v) is 7.08. The second-order valence-electron chi connectivity index (χ2n) is 4.85. The van der Waals surface area contributed by atoms with Gasteiger partial charge in [0.25, 0.3) is 5.91 Å². The average Bonchev–Trinajstić information content (AvgIpc) is 2.57. The molecule has 0 heterocycles. The summed E-state index contributed by atoms with van der Waals surface area (Å²) < 4.78 is 18.0. The Morgan fingerprint density at radius 2 is 1.91 bits per heavy atom. The van der Waals surface area contributed by atoms with E-state index in [0.717, 1.165) is 5.69 Å². The van der Waals surface area contributed by atoms with E-state index in [9.17, 15) is 9.18 Å². The van der Waals surface area contributed by atoms with Crippen LogP contribution in [-0.4, -0.2) is 25.3 Å². The Morgan fingerprint density at radius 3 is 2.61 bits per heavy atom. The van der Waals surface area contributed by atoms with E-state index in [0.29, 0.717) is 11.3 Å². The first kappa shape index (κ1) is 16.5. The summed E-state index contributed by atoms with van der Waals surface area (Å²) in [5.74, 6) is 0.0389. The number of methoxy groups -OCH3 is 1. The van der Waals surface area contributed by atoms with Crippen LogP contribution in [0, 0.1) is 5.82 Å². The Hall–Kier alpha value is -2.89. The molecule has 2 aromatic carbocycles. The van der Waals surface area contributed by atoms with Crippen molar-refractivity contribution >= 4 is 17.8 Å². The highest BCUT2D eigenvalue weighted by Gasteiger charge is 2.13. The van der Waals surface area contributed by atoms with Gasteiger partial charge in [-0.15, -0.1) is 0 Å². The summed E-state index contributed by atoms with van der Waals surface area (Å²) >= 11 is 0. The van der Waals surface area contributed by atoms with Gasteiger partial charge in [-0.3, -0.25) is 4.79 Å². The zero-order chi connectivity index (χ0) is 16.7. The quantitative estimate of drug-likeness (QED) is 0.636. The Balaban J connectivity index is 1.91. The van der Waals surface area contributed by atoms with Crippen molar-refractivity contribution in [2.24, 2.45) is 5.10 Å². The molecule has 0 saturated heterocycles. The van der Waals surface area contributed by atoms with Crippen LogP contribution in [-0.2, 0) is 4.79 Å². The van der Waals surface area contributed by atoms with Crippen molar-refractivity contribution in [2.75, 3.05) is 12.4 Å². The predicted molar refractivity (Wildman–Crippen MR) is 88.2 cm³/mol. The van der Waals surface area contributed by atoms with Crippen LogP contribution in [0.3, 0.4) is 0 Å². The molecular weight excluding hydrogens is 297 g/mol. The van der Waals surface area contributed by atoms with E-state index in [1.54, 1.807) is 32.2 Å². The molecule has 0 aliphatic rings. The molecule has 0 radical (unpaired) electrons. The average molecular weight is 315 g/mol. The highest BCUT2D eigenvalue weighted by Crippen LogP contribution is 2.23. The molecule has 2 rings (SSSR count). The normalized spacial score (nSPS) is 12.0. The Bertz CT molecular complexity index is 686. The molecule has 5 nitrogen and oxygen atoms in total. The molecule has 1 atom stereocenters. The number of halogens is 1. The molecule has 1 amide bonds. The molecule has 6 heteroatoms. The molecule has 0 aliphatic heterocycles. The van der Waals surface area contributed by atoms with Crippen LogP contribution in [0.4, 0.5) is 10.1 Å². The number of hydrogen-bond acceptors (Lipinski definition) is 4. The predicted octanol–water partition coefficient (Wildman–Crippen LogP) is 2.79. The van der Waals surface area contributed by atoms with Gasteiger partial charge in [0, 0.05) is 0 Å². The third kappa shape index (κ3) is 4.81. The zero-order valence-corrected chi connectivity index (χ0v) is 12.9. The molecule has 0 bridgehead atoms. The minimum Gasteiger partial charge on any atom is -0.495 e. The number of carbonyl (C=O) groups excluding carboxylic acids is 1. The molecular formula is C17H18FN3O2. The fourth-order valence-electron chi connectivity index (χ4n) is 1.88. The lowest BCUT2D eigenvalue weighted by molar-refractivity contribution is -0.121. The van der Waals surface area contributed by atoms with Crippen molar-refractivity contribution < 1.29 is 13.9 Å². The molecule has 0 spiro atoms. The van der Waals surface area contributed by atoms with E-state index in [4.69, 9.17) is 4.74 Å². The fourth-order valence-corrected chi connectivity index (χ4v) is 1.88. The summed E-state index contributed by atoms with van der Waals surface area (Å²) in [6.45, 7) is 1.72. The fraction of sp³-hybridized carbons (Fsp3) is 0.176. The van der Waals surface area contributed by atoms with E-state index >= 15 is 0 Å². The van der Waals surface area contributed by atoms with Gasteiger partial charge in [0.1, 0.15) is 17.6 Å². The summed E-state index contributed by atoms with van der Waals surface area (Å²) in [6, 6.07) is 12.6. The monoisotopic (exact) mass is 315 g/mol. The number of hydrogen-bond donors (Lipinski definition) is 2. The highest BCUT2D eigenvalue weighted by molar-refractivity contribution is 5.86. The number of ether oxygens (including phenoxy) is 1. The first-order chi connectivity index (χ1) is 11.1. The van der Waals surface area contributed by atoms with Crippen LogP contribution in [0.15, 0.2) is 53.6 Å². The number of hydrazone groups is 1. The number of para-hydroxylation sites is 2. The van der Waals surface area contributed by atoms with E-state index in [1.807, 2.05) is 18.2 Å². The van der Waals surface area contributed by atoms with E-state index in [-0.39, 0.29) is 11.7 Å². The summed E-state index contributed by atoms with van der Waals surface area (Å²) in [5, 5.41) is 6.92. The number of nitrogens with zero attached hydrogens (tertiary/aromatic N) is 1. The van der Waals surface area contributed by atoms with Crippen molar-refractivity contribution in [1.82, 2.24) is 5.43 Å². The lowest BCUT2D eigenvalue weighted by Gasteiger charge is -2.15. The van der Waals surface area contributed by atoms with Crippen LogP contribution >= 0.6 is 0 Å². The summed E-state index contributed by atoms with van der Waals surface area (Å²) in [5.41, 5.74) is 3.85. The molecule has 0 aromatic heterocycles. The van der Waals surface area contributed by atoms with Crippen molar-refractivity contribution in [2.45, 2.75) is 13.0 Å². The maximum atomic E-state index is 12.8. The van der Waals surface area contributed by atoms with Crippen LogP contribution in [0.5, 0.6) is 5.75 Å². The summed E-state index contributed by atoms with van der Waals surface area (Å²) in [7, 11) is 1.57. The van der Waals surface area contributed by atoms with Crippen LogP contribution in [0.2, 0.25) is 0 Å². The van der Waals surface area contributed by atoms with Crippen molar-refractivity contribution in [3.8, 4) is 5.75 Å². The molecule has 1 unspecified atom stereocenters. The van der Waals surface area contributed by atoms with Gasteiger partial charge in [-0.05, 0) is 36.8 Å². The second kappa shape index (κ2) is 7.93. The van der Waals surface area contributed by atoms with Crippen LogP contribution in [0.25, 0.3) is 0 Å². The topological polar surface area (TPSA) is 62.7 Å². The highest BCUT2D eigenvalue weighted by atomic mass is 19.1. The number of nitrogens with one attached hydrogen (secondary N) is 2. The van der Waals surface area contributed by atoms with Gasteiger partial charge < -0.3 is 10.1 Å². The zero-order valence-electron chi connectivity index (χ0n) is 12.9.